The van der Waals surface area contributed by atoms with Crippen LogP contribution in [0.25, 0.3) is 0 Å². The zero-order chi connectivity index (χ0) is 23.3. The Bertz CT molecular complexity index is 909. The SMILES string of the molecule is Cc1cc(Cl)nc(Cl)c1C(=O)NCC[C@@H](C)N1CCC(N(Cc2ccsc2)C(N)=S)CC1. The molecule has 10 heteroatoms. The van der Waals surface area contributed by atoms with Gasteiger partial charge in [0, 0.05) is 38.3 Å². The molecule has 0 bridgehead atoms. The van der Waals surface area contributed by atoms with Crippen LogP contribution in [0.5, 0.6) is 0 Å². The van der Waals surface area contributed by atoms with Crippen molar-refractivity contribution in [2.24, 2.45) is 5.73 Å². The maximum atomic E-state index is 12.5. The van der Waals surface area contributed by atoms with E-state index in [4.69, 9.17) is 41.2 Å². The second-order valence-electron chi connectivity index (χ2n) is 8.19. The van der Waals surface area contributed by atoms with Gasteiger partial charge in [0.2, 0.25) is 0 Å². The van der Waals surface area contributed by atoms with E-state index in [2.05, 4.69) is 43.9 Å². The van der Waals surface area contributed by atoms with Gasteiger partial charge < -0.3 is 20.9 Å². The van der Waals surface area contributed by atoms with E-state index >= 15 is 0 Å². The number of rotatable bonds is 8. The van der Waals surface area contributed by atoms with E-state index < -0.39 is 0 Å². The van der Waals surface area contributed by atoms with E-state index in [-0.39, 0.29) is 16.2 Å². The lowest BCUT2D eigenvalue weighted by Crippen LogP contribution is -2.50. The van der Waals surface area contributed by atoms with Crippen molar-refractivity contribution >= 4 is 57.8 Å². The summed E-state index contributed by atoms with van der Waals surface area (Å²) in [6.07, 6.45) is 2.88. The molecule has 0 unspecified atom stereocenters. The number of aryl methyl sites for hydroxylation is 1. The smallest absolute Gasteiger partial charge is 0.254 e. The van der Waals surface area contributed by atoms with Gasteiger partial charge >= 0.3 is 0 Å². The van der Waals surface area contributed by atoms with Crippen LogP contribution in [-0.4, -0.2) is 57.5 Å². The quantitative estimate of drug-likeness (QED) is 0.400. The minimum atomic E-state index is -0.219. The van der Waals surface area contributed by atoms with Gasteiger partial charge in [-0.15, -0.1) is 0 Å². The number of carbonyl (C=O) groups is 1. The van der Waals surface area contributed by atoms with Crippen molar-refractivity contribution in [1.82, 2.24) is 20.1 Å². The number of thiocarbonyl (C=S) groups is 1. The maximum absolute atomic E-state index is 12.5. The molecule has 0 aliphatic carbocycles. The topological polar surface area (TPSA) is 74.5 Å². The zero-order valence-corrected chi connectivity index (χ0v) is 21.5. The molecule has 1 amide bonds. The Kier molecular flexibility index (Phi) is 9.13. The number of amides is 1. The molecule has 0 spiro atoms. The Hall–Kier alpha value is -1.45. The molecule has 3 heterocycles. The predicted octanol–water partition coefficient (Wildman–Crippen LogP) is 4.48. The molecule has 0 aromatic carbocycles. The molecule has 0 saturated carbocycles. The van der Waals surface area contributed by atoms with Crippen molar-refractivity contribution in [1.29, 1.82) is 0 Å². The van der Waals surface area contributed by atoms with Crippen LogP contribution in [0.4, 0.5) is 0 Å². The minimum Gasteiger partial charge on any atom is -0.376 e. The van der Waals surface area contributed by atoms with Gasteiger partial charge in [-0.3, -0.25) is 4.79 Å². The first-order valence-electron chi connectivity index (χ1n) is 10.7. The van der Waals surface area contributed by atoms with Crippen molar-refractivity contribution < 1.29 is 4.79 Å². The summed E-state index contributed by atoms with van der Waals surface area (Å²) >= 11 is 19.0. The van der Waals surface area contributed by atoms with Gasteiger partial charge in [0.1, 0.15) is 10.3 Å². The summed E-state index contributed by atoms with van der Waals surface area (Å²) in [4.78, 5) is 21.1. The predicted molar refractivity (Wildman–Crippen MR) is 137 cm³/mol. The van der Waals surface area contributed by atoms with Crippen molar-refractivity contribution in [3.63, 3.8) is 0 Å². The molecule has 1 aliphatic rings. The first-order chi connectivity index (χ1) is 15.3. The van der Waals surface area contributed by atoms with Crippen molar-refractivity contribution in [2.45, 2.75) is 51.7 Å². The van der Waals surface area contributed by atoms with Gasteiger partial charge in [-0.2, -0.15) is 11.3 Å². The van der Waals surface area contributed by atoms with E-state index in [9.17, 15) is 4.79 Å². The first-order valence-corrected chi connectivity index (χ1v) is 12.8. The Morgan fingerprint density at radius 1 is 1.44 bits per heavy atom. The molecule has 0 radical (unpaired) electrons. The van der Waals surface area contributed by atoms with E-state index in [1.807, 2.05) is 0 Å². The third-order valence-electron chi connectivity index (χ3n) is 6.00. The molecular weight excluding hydrogens is 485 g/mol. The molecule has 3 rings (SSSR count). The van der Waals surface area contributed by atoms with E-state index in [1.165, 1.54) is 5.56 Å². The normalized spacial score (nSPS) is 16.0. The Labute approximate surface area is 209 Å². The summed E-state index contributed by atoms with van der Waals surface area (Å²) in [5.41, 5.74) is 8.38. The van der Waals surface area contributed by atoms with Crippen LogP contribution < -0.4 is 11.1 Å². The number of pyridine rings is 1. The summed E-state index contributed by atoms with van der Waals surface area (Å²) in [7, 11) is 0. The van der Waals surface area contributed by atoms with Gasteiger partial charge in [-0.1, -0.05) is 23.2 Å². The summed E-state index contributed by atoms with van der Waals surface area (Å²) < 4.78 is 0. The third kappa shape index (κ3) is 6.54. The highest BCUT2D eigenvalue weighted by molar-refractivity contribution is 7.80. The van der Waals surface area contributed by atoms with Gasteiger partial charge in [-0.05, 0) is 79.3 Å². The van der Waals surface area contributed by atoms with Crippen LogP contribution in [0, 0.1) is 6.92 Å². The maximum Gasteiger partial charge on any atom is 0.254 e. The Balaban J connectivity index is 1.46. The van der Waals surface area contributed by atoms with Crippen molar-refractivity contribution in [2.75, 3.05) is 19.6 Å². The molecule has 6 nitrogen and oxygen atoms in total. The fraction of sp³-hybridized carbons (Fsp3) is 0.500. The number of likely N-dealkylation sites (tertiary alicyclic amines) is 1. The molecular formula is C22H29Cl2N5OS2. The second-order valence-corrected chi connectivity index (χ2v) is 10.1. The fourth-order valence-electron chi connectivity index (χ4n) is 4.14. The average Bonchev–Trinajstić information content (AvgIpc) is 3.24. The van der Waals surface area contributed by atoms with Crippen molar-refractivity contribution in [3.05, 3.63) is 49.9 Å². The number of nitrogens with one attached hydrogen (secondary N) is 1. The summed E-state index contributed by atoms with van der Waals surface area (Å²) in [5.74, 6) is -0.219. The highest BCUT2D eigenvalue weighted by atomic mass is 35.5. The molecule has 174 valence electrons. The number of halogens is 2. The van der Waals surface area contributed by atoms with Crippen molar-refractivity contribution in [3.8, 4) is 0 Å². The van der Waals surface area contributed by atoms with Crippen LogP contribution in [0.15, 0.2) is 22.9 Å². The number of piperidine rings is 1. The standard InChI is InChI=1S/C22H29Cl2N5OS2/c1-14-11-18(23)27-20(24)19(14)21(30)26-7-3-15(2)28-8-4-17(5-9-28)29(22(25)31)12-16-6-10-32-13-16/h6,10-11,13,15,17H,3-5,7-9,12H2,1-2H3,(H2,25,31)(H,26,30)/t15-/m1/s1. The highest BCUT2D eigenvalue weighted by Gasteiger charge is 2.27. The van der Waals surface area contributed by atoms with E-state index in [0.29, 0.717) is 34.9 Å². The number of thiophene rings is 1. The van der Waals surface area contributed by atoms with Gasteiger partial charge in [0.25, 0.3) is 5.91 Å². The molecule has 1 saturated heterocycles. The zero-order valence-electron chi connectivity index (χ0n) is 18.3. The fourth-order valence-corrected chi connectivity index (χ4v) is 5.63. The molecule has 1 atom stereocenters. The number of nitrogens with two attached hydrogens (primary N) is 1. The molecule has 1 fully saturated rings. The van der Waals surface area contributed by atoms with Crippen LogP contribution in [-0.2, 0) is 6.54 Å². The lowest BCUT2D eigenvalue weighted by Gasteiger charge is -2.41. The third-order valence-corrected chi connectivity index (χ3v) is 7.43. The monoisotopic (exact) mass is 513 g/mol. The van der Waals surface area contributed by atoms with Gasteiger partial charge in [0.05, 0.1) is 5.56 Å². The lowest BCUT2D eigenvalue weighted by molar-refractivity contribution is 0.0936. The first kappa shape index (κ1) is 25.2. The molecule has 3 N–H and O–H groups in total. The van der Waals surface area contributed by atoms with Crippen LogP contribution in [0.3, 0.4) is 0 Å². The van der Waals surface area contributed by atoms with Crippen LogP contribution >= 0.6 is 46.8 Å². The molecule has 2 aromatic heterocycles. The highest BCUT2D eigenvalue weighted by Crippen LogP contribution is 2.23. The minimum absolute atomic E-state index is 0.132. The van der Waals surface area contributed by atoms with E-state index in [0.717, 1.165) is 38.9 Å². The molecule has 32 heavy (non-hydrogen) atoms. The number of hydrogen-bond donors (Lipinski definition) is 2. The summed E-state index contributed by atoms with van der Waals surface area (Å²) in [5, 5.41) is 8.07. The van der Waals surface area contributed by atoms with Crippen LogP contribution in [0.1, 0.15) is 47.7 Å². The lowest BCUT2D eigenvalue weighted by atomic mass is 10.0. The Morgan fingerprint density at radius 3 is 2.75 bits per heavy atom. The number of hydrogen-bond acceptors (Lipinski definition) is 5. The largest absolute Gasteiger partial charge is 0.376 e. The van der Waals surface area contributed by atoms with Gasteiger partial charge in [0.15, 0.2) is 5.11 Å². The van der Waals surface area contributed by atoms with Gasteiger partial charge in [-0.25, -0.2) is 4.98 Å². The molecule has 1 aliphatic heterocycles. The number of nitrogens with zero attached hydrogens (tertiary/aromatic N) is 3. The number of aromatic nitrogens is 1. The average molecular weight is 515 g/mol. The Morgan fingerprint density at radius 2 is 2.16 bits per heavy atom. The van der Waals surface area contributed by atoms with E-state index in [1.54, 1.807) is 24.3 Å². The summed E-state index contributed by atoms with van der Waals surface area (Å²) in [6, 6.07) is 4.48. The number of carbonyl (C=O) groups excluding carboxylic acids is 1. The van der Waals surface area contributed by atoms with Crippen LogP contribution in [0.2, 0.25) is 10.3 Å². The second kappa shape index (κ2) is 11.6. The molecule has 2 aromatic rings. The summed E-state index contributed by atoms with van der Waals surface area (Å²) in [6.45, 7) is 7.30.